The van der Waals surface area contributed by atoms with E-state index in [1.165, 1.54) is 0 Å². The Hall–Kier alpha value is -2.08. The number of aromatic amines is 1. The van der Waals surface area contributed by atoms with Crippen molar-refractivity contribution in [2.75, 3.05) is 32.1 Å². The SMILES string of the molecule is CN(C)C1CCN(c2ccc3[nH]c(CC(=O)O)nc3c2)C1. The number of hydrogen-bond donors (Lipinski definition) is 2. The van der Waals surface area contributed by atoms with Crippen LogP contribution in [0.5, 0.6) is 0 Å². The van der Waals surface area contributed by atoms with Crippen LogP contribution in [-0.4, -0.2) is 59.2 Å². The van der Waals surface area contributed by atoms with Crippen LogP contribution in [0, 0.1) is 0 Å². The number of hydrogen-bond acceptors (Lipinski definition) is 4. The van der Waals surface area contributed by atoms with E-state index in [0.717, 1.165) is 36.2 Å². The highest BCUT2D eigenvalue weighted by atomic mass is 16.4. The van der Waals surface area contributed by atoms with Gasteiger partial charge in [0.15, 0.2) is 0 Å². The third-order valence-electron chi connectivity index (χ3n) is 4.09. The number of carbonyl (C=O) groups is 1. The molecular formula is C15H20N4O2. The molecule has 0 saturated carbocycles. The van der Waals surface area contributed by atoms with E-state index in [0.29, 0.717) is 11.9 Å². The fourth-order valence-electron chi connectivity index (χ4n) is 2.87. The lowest BCUT2D eigenvalue weighted by atomic mass is 10.2. The molecule has 1 saturated heterocycles. The number of anilines is 1. The van der Waals surface area contributed by atoms with Crippen LogP contribution in [0.3, 0.4) is 0 Å². The van der Waals surface area contributed by atoms with Crippen LogP contribution in [0.2, 0.25) is 0 Å². The smallest absolute Gasteiger partial charge is 0.311 e. The molecule has 1 aromatic heterocycles. The van der Waals surface area contributed by atoms with Crippen LogP contribution in [0.4, 0.5) is 5.69 Å². The van der Waals surface area contributed by atoms with Crippen molar-refractivity contribution >= 4 is 22.7 Å². The molecule has 1 atom stereocenters. The number of nitrogens with zero attached hydrogens (tertiary/aromatic N) is 3. The Kier molecular flexibility index (Phi) is 3.55. The molecule has 1 unspecified atom stereocenters. The molecule has 0 spiro atoms. The van der Waals surface area contributed by atoms with Gasteiger partial charge >= 0.3 is 5.97 Å². The number of aliphatic carboxylic acids is 1. The molecule has 1 aliphatic rings. The minimum absolute atomic E-state index is 0.0730. The van der Waals surface area contributed by atoms with E-state index in [1.807, 2.05) is 12.1 Å². The maximum absolute atomic E-state index is 10.7. The lowest BCUT2D eigenvalue weighted by molar-refractivity contribution is -0.136. The van der Waals surface area contributed by atoms with E-state index in [-0.39, 0.29) is 6.42 Å². The summed E-state index contributed by atoms with van der Waals surface area (Å²) in [6.07, 6.45) is 1.09. The largest absolute Gasteiger partial charge is 0.481 e. The van der Waals surface area contributed by atoms with Crippen molar-refractivity contribution in [2.45, 2.75) is 18.9 Å². The van der Waals surface area contributed by atoms with Gasteiger partial charge in [-0.25, -0.2) is 4.98 Å². The summed E-state index contributed by atoms with van der Waals surface area (Å²) in [5.41, 5.74) is 2.87. The Morgan fingerprint density at radius 2 is 2.33 bits per heavy atom. The van der Waals surface area contributed by atoms with Crippen molar-refractivity contribution in [3.8, 4) is 0 Å². The first-order valence-corrected chi connectivity index (χ1v) is 7.15. The van der Waals surface area contributed by atoms with Crippen molar-refractivity contribution in [3.63, 3.8) is 0 Å². The molecule has 1 fully saturated rings. The van der Waals surface area contributed by atoms with Crippen LogP contribution in [0.25, 0.3) is 11.0 Å². The van der Waals surface area contributed by atoms with Crippen LogP contribution in [-0.2, 0) is 11.2 Å². The maximum Gasteiger partial charge on any atom is 0.311 e. The van der Waals surface area contributed by atoms with E-state index in [2.05, 4.69) is 39.9 Å². The molecule has 112 valence electrons. The number of aromatic nitrogens is 2. The molecule has 21 heavy (non-hydrogen) atoms. The first-order chi connectivity index (χ1) is 10.0. The van der Waals surface area contributed by atoms with Gasteiger partial charge in [-0.05, 0) is 38.7 Å². The highest BCUT2D eigenvalue weighted by Crippen LogP contribution is 2.25. The summed E-state index contributed by atoms with van der Waals surface area (Å²) in [5, 5.41) is 8.83. The molecule has 6 nitrogen and oxygen atoms in total. The molecule has 2 N–H and O–H groups in total. The minimum Gasteiger partial charge on any atom is -0.481 e. The second kappa shape index (κ2) is 5.37. The highest BCUT2D eigenvalue weighted by molar-refractivity contribution is 5.81. The van der Waals surface area contributed by atoms with Gasteiger partial charge in [0.25, 0.3) is 0 Å². The molecule has 1 aromatic carbocycles. The van der Waals surface area contributed by atoms with Gasteiger partial charge in [0, 0.05) is 24.8 Å². The second-order valence-electron chi connectivity index (χ2n) is 5.81. The molecule has 0 aliphatic carbocycles. The quantitative estimate of drug-likeness (QED) is 0.888. The summed E-state index contributed by atoms with van der Waals surface area (Å²) in [5.74, 6) is -0.370. The highest BCUT2D eigenvalue weighted by Gasteiger charge is 2.24. The molecule has 1 aliphatic heterocycles. The molecule has 0 bridgehead atoms. The molecule has 3 rings (SSSR count). The van der Waals surface area contributed by atoms with Gasteiger partial charge in [-0.15, -0.1) is 0 Å². The van der Waals surface area contributed by atoms with Crippen LogP contribution in [0.15, 0.2) is 18.2 Å². The molecule has 0 amide bonds. The summed E-state index contributed by atoms with van der Waals surface area (Å²) in [7, 11) is 4.23. The molecular weight excluding hydrogens is 268 g/mol. The fraction of sp³-hybridized carbons (Fsp3) is 0.467. The van der Waals surface area contributed by atoms with Crippen molar-refractivity contribution in [1.29, 1.82) is 0 Å². The first kappa shape index (κ1) is 13.9. The predicted molar refractivity (Wildman–Crippen MR) is 81.7 cm³/mol. The van der Waals surface area contributed by atoms with Gasteiger partial charge in [-0.3, -0.25) is 4.79 Å². The van der Waals surface area contributed by atoms with Gasteiger partial charge in [0.05, 0.1) is 11.0 Å². The van der Waals surface area contributed by atoms with E-state index < -0.39 is 5.97 Å². The number of fused-ring (bicyclic) bond motifs is 1. The lowest BCUT2D eigenvalue weighted by Crippen LogP contribution is -2.31. The Bertz CT molecular complexity index is 665. The fourth-order valence-corrected chi connectivity index (χ4v) is 2.87. The average Bonchev–Trinajstić information content (AvgIpc) is 3.02. The number of benzene rings is 1. The van der Waals surface area contributed by atoms with Crippen molar-refractivity contribution in [1.82, 2.24) is 14.9 Å². The van der Waals surface area contributed by atoms with Gasteiger partial charge in [0.2, 0.25) is 0 Å². The Labute approximate surface area is 123 Å². The van der Waals surface area contributed by atoms with Gasteiger partial charge < -0.3 is 19.9 Å². The molecule has 2 heterocycles. The van der Waals surface area contributed by atoms with Crippen LogP contribution < -0.4 is 4.90 Å². The second-order valence-corrected chi connectivity index (χ2v) is 5.81. The van der Waals surface area contributed by atoms with Gasteiger partial charge in [0.1, 0.15) is 12.2 Å². The van der Waals surface area contributed by atoms with E-state index in [9.17, 15) is 4.79 Å². The lowest BCUT2D eigenvalue weighted by Gasteiger charge is -2.21. The van der Waals surface area contributed by atoms with Crippen molar-refractivity contribution < 1.29 is 9.90 Å². The van der Waals surface area contributed by atoms with E-state index in [1.54, 1.807) is 0 Å². The third kappa shape index (κ3) is 2.85. The molecule has 2 aromatic rings. The zero-order valence-corrected chi connectivity index (χ0v) is 12.3. The third-order valence-corrected chi connectivity index (χ3v) is 4.09. The summed E-state index contributed by atoms with van der Waals surface area (Å²) in [4.78, 5) is 22.8. The number of H-pyrrole nitrogens is 1. The number of carboxylic acids is 1. The van der Waals surface area contributed by atoms with Crippen molar-refractivity contribution in [3.05, 3.63) is 24.0 Å². The summed E-state index contributed by atoms with van der Waals surface area (Å²) < 4.78 is 0. The normalized spacial score (nSPS) is 18.8. The Morgan fingerprint density at radius 1 is 1.52 bits per heavy atom. The number of likely N-dealkylation sites (N-methyl/N-ethyl adjacent to an activating group) is 1. The van der Waals surface area contributed by atoms with Crippen LogP contribution >= 0.6 is 0 Å². The zero-order valence-electron chi connectivity index (χ0n) is 12.3. The minimum atomic E-state index is -0.873. The topological polar surface area (TPSA) is 72.5 Å². The standard InChI is InChI=1S/C15H20N4O2/c1-18(2)11-5-6-19(9-11)10-3-4-12-13(7-10)17-14(16-12)8-15(20)21/h3-4,7,11H,5-6,8-9H2,1-2H3,(H,16,17)(H,20,21). The molecule has 0 radical (unpaired) electrons. The summed E-state index contributed by atoms with van der Waals surface area (Å²) in [6.45, 7) is 2.06. The Balaban J connectivity index is 1.82. The molecule has 6 heteroatoms. The predicted octanol–water partition coefficient (Wildman–Crippen LogP) is 1.33. The number of nitrogens with one attached hydrogen (secondary N) is 1. The van der Waals surface area contributed by atoms with Gasteiger partial charge in [-0.1, -0.05) is 0 Å². The first-order valence-electron chi connectivity index (χ1n) is 7.15. The number of rotatable bonds is 4. The van der Waals surface area contributed by atoms with Crippen molar-refractivity contribution in [2.24, 2.45) is 0 Å². The average molecular weight is 288 g/mol. The van der Waals surface area contributed by atoms with Gasteiger partial charge in [-0.2, -0.15) is 0 Å². The zero-order chi connectivity index (χ0) is 15.0. The number of carboxylic acid groups (broad SMARTS) is 1. The summed E-state index contributed by atoms with van der Waals surface area (Å²) in [6, 6.07) is 6.67. The maximum atomic E-state index is 10.7. The summed E-state index contributed by atoms with van der Waals surface area (Å²) >= 11 is 0. The monoisotopic (exact) mass is 288 g/mol. The number of imidazole rings is 1. The van der Waals surface area contributed by atoms with E-state index >= 15 is 0 Å². The van der Waals surface area contributed by atoms with Crippen LogP contribution in [0.1, 0.15) is 12.2 Å². The van der Waals surface area contributed by atoms with E-state index in [4.69, 9.17) is 5.11 Å². The Morgan fingerprint density at radius 3 is 3.00 bits per heavy atom.